The predicted molar refractivity (Wildman–Crippen MR) is 415 cm³/mol. The highest BCUT2D eigenvalue weighted by molar-refractivity contribution is 5.98. The van der Waals surface area contributed by atoms with Gasteiger partial charge < -0.3 is 66.1 Å². The molecule has 9 heterocycles. The van der Waals surface area contributed by atoms with Crippen LogP contribution in [0.4, 0.5) is 0 Å². The molecular formula is C82H97N17O14. The van der Waals surface area contributed by atoms with Crippen LogP contribution in [0.15, 0.2) is 155 Å². The Morgan fingerprint density at radius 2 is 0.991 bits per heavy atom. The van der Waals surface area contributed by atoms with E-state index in [1.165, 1.54) is 14.5 Å². The average molecular weight is 1540 g/mol. The van der Waals surface area contributed by atoms with Crippen LogP contribution in [-0.4, -0.2) is 190 Å². The van der Waals surface area contributed by atoms with Crippen LogP contribution in [0.3, 0.4) is 0 Å². The summed E-state index contributed by atoms with van der Waals surface area (Å²) in [4.78, 5) is 149. The molecule has 31 nitrogen and oxygen atoms in total. The smallest absolute Gasteiger partial charge is 0.381 e. The van der Waals surface area contributed by atoms with Gasteiger partial charge in [-0.25, -0.2) is 19.0 Å². The number of nitrogens with one attached hydrogen (secondary N) is 8. The van der Waals surface area contributed by atoms with E-state index in [9.17, 15) is 29.1 Å². The topological polar surface area (TPSA) is 403 Å². The third-order valence-corrected chi connectivity index (χ3v) is 21.4. The van der Waals surface area contributed by atoms with Crippen molar-refractivity contribution < 1.29 is 62.3 Å². The number of aromatic amines is 1. The third kappa shape index (κ3) is 19.5. The number of benzene rings is 6. The number of ketones is 1. The lowest BCUT2D eigenvalue weighted by Crippen LogP contribution is -2.60. The monoisotopic (exact) mass is 1540 g/mol. The van der Waals surface area contributed by atoms with Crippen molar-refractivity contribution in [2.75, 3.05) is 27.2 Å². The molecule has 0 spiro atoms. The Bertz CT molecular complexity index is 5020. The Kier molecular flexibility index (Phi) is 24.8. The van der Waals surface area contributed by atoms with Gasteiger partial charge in [-0.1, -0.05) is 161 Å². The third-order valence-electron chi connectivity index (χ3n) is 21.4. The molecule has 2 fully saturated rings. The minimum atomic E-state index is -1.51. The van der Waals surface area contributed by atoms with E-state index >= 15 is 24.0 Å². The van der Waals surface area contributed by atoms with Crippen molar-refractivity contribution in [2.45, 2.75) is 186 Å². The van der Waals surface area contributed by atoms with Gasteiger partial charge in [0.25, 0.3) is 0 Å². The first-order valence-corrected chi connectivity index (χ1v) is 37.9. The van der Waals surface area contributed by atoms with Crippen molar-refractivity contribution in [3.8, 4) is 11.5 Å². The van der Waals surface area contributed by atoms with E-state index in [1.54, 1.807) is 135 Å². The van der Waals surface area contributed by atoms with Crippen LogP contribution in [0.5, 0.6) is 11.5 Å². The first-order valence-electron chi connectivity index (χ1n) is 37.9. The van der Waals surface area contributed by atoms with Gasteiger partial charge in [-0.2, -0.15) is 0 Å². The maximum Gasteiger partial charge on any atom is 0.381 e. The molecule has 0 radical (unpaired) electrons. The first kappa shape index (κ1) is 80.5. The number of fused-ring (bicyclic) bond motifs is 2. The molecule has 2 saturated heterocycles. The van der Waals surface area contributed by atoms with Gasteiger partial charge in [0, 0.05) is 51.1 Å². The quantitative estimate of drug-likeness (QED) is 0.0680. The number of hydrogen-bond acceptors (Lipinski definition) is 20. The number of likely N-dealkylation sites (tertiary alicyclic amines) is 2. The molecule has 594 valence electrons. The molecule has 0 aliphatic carbocycles. The summed E-state index contributed by atoms with van der Waals surface area (Å²) in [6.07, 6.45) is 2.70. The van der Waals surface area contributed by atoms with Crippen molar-refractivity contribution >= 4 is 74.6 Å². The van der Waals surface area contributed by atoms with Gasteiger partial charge in [0.05, 0.1) is 42.6 Å². The molecule has 9 N–H and O–H groups in total. The van der Waals surface area contributed by atoms with Gasteiger partial charge in [0.15, 0.2) is 11.5 Å². The molecule has 31 heteroatoms. The summed E-state index contributed by atoms with van der Waals surface area (Å²) < 4.78 is 20.6. The summed E-state index contributed by atoms with van der Waals surface area (Å²) in [5.74, 6) is -6.20. The number of carboxylic acid groups (broad SMARTS) is 1. The summed E-state index contributed by atoms with van der Waals surface area (Å²) in [6.45, 7) is 13.7. The number of hydrogen-bond donors (Lipinski definition) is 9. The van der Waals surface area contributed by atoms with Gasteiger partial charge in [-0.15, -0.1) is 20.6 Å². The lowest BCUT2D eigenvalue weighted by atomic mass is 9.85. The molecule has 3 aromatic heterocycles. The standard InChI is InChI=1S/C82H97N17O14/c1-46(83-9)72(101)88-70(81(3,4)5)77(106)96-42-59-38-66(96)75(104)85-63(35-50-19-25-52-15-11-13-17-54(52)32-50)68(100)37-56(69-80(110)113-95-92-69)31-48-21-27-61(28-22-48)111-44-57-41-99(94-90-57)60-39-67(97(43-60)78(107)71(82(6,7)8)89-73(102)47(2)84-10)76(105)86-64(36-51-20-26-53-16-12-14-18-55(53)33-51)74(103)87-65(79(108)109)34-49-23-29-62(30-24-49)112-45-58-40-98(59)93-91-58/h11-30,32-33,40-41,46-47,56,59-60,63-67,70-71,83-84,95H,31,34-39,42-45H2,1-10H3,(H,85,104)(H,86,105)(H,87,103)(H,88,101)(H,89,102)(H,108,109)/t46-,47-,56+,59-,60-,63-,64-,65-,66-,67-,70+,71+/m0/s1. The Labute approximate surface area is 652 Å². The average Bonchev–Trinajstić information content (AvgIpc) is 1.65. The lowest BCUT2D eigenvalue weighted by Gasteiger charge is -2.36. The maximum absolute atomic E-state index is 15.5. The number of aliphatic carboxylic acids is 1. The van der Waals surface area contributed by atoms with Gasteiger partial charge >= 0.3 is 11.6 Å². The molecule has 113 heavy (non-hydrogen) atoms. The maximum atomic E-state index is 15.5. The molecule has 6 aliphatic rings. The number of carbonyl (C=O) groups is 9. The van der Waals surface area contributed by atoms with E-state index < -0.39 is 142 Å². The number of carboxylic acids is 1. The van der Waals surface area contributed by atoms with E-state index in [0.717, 1.165) is 21.5 Å². The van der Waals surface area contributed by atoms with E-state index in [2.05, 4.69) is 68.2 Å². The highest BCUT2D eigenvalue weighted by Crippen LogP contribution is 2.35. The molecule has 7 amide bonds. The number of ether oxygens (including phenoxy) is 2. The van der Waals surface area contributed by atoms with E-state index in [4.69, 9.17) is 14.0 Å². The molecule has 12 atom stereocenters. The minimum absolute atomic E-state index is 0.000309. The SMILES string of the molecule is CN[C@@H](C)C(=O)N[C@H](C(=O)N1C[C@@H]2C[C@H]1C(=O)N[C@@H](Cc1ccc3ccccc3c1)C(=O)C[C@H](c1n[nH]oc1=O)Cc1ccc(cc1)OCc1cn(nn1)[C@H]1C[C@@H](C(=O)N[C@@H](Cc3ccc4ccccc4c3)C(=O)N[C@H](C(=O)O)Cc3ccc(cc3)OCc3cn2nn3)N(C(=O)[C@@H](NC(=O)[C@H](C)NC)C(C)(C)C)C1)C(C)(C)C. The normalized spacial score (nSPS) is 21.5. The summed E-state index contributed by atoms with van der Waals surface area (Å²) >= 11 is 0. The molecule has 9 aromatic rings. The zero-order chi connectivity index (χ0) is 80.6. The zero-order valence-corrected chi connectivity index (χ0v) is 64.8. The van der Waals surface area contributed by atoms with Crippen molar-refractivity contribution in [3.63, 3.8) is 0 Å². The van der Waals surface area contributed by atoms with Crippen LogP contribution in [0, 0.1) is 10.8 Å². The van der Waals surface area contributed by atoms with Crippen LogP contribution in [0.1, 0.15) is 132 Å². The Morgan fingerprint density at radius 3 is 1.42 bits per heavy atom. The number of amides is 7. The van der Waals surface area contributed by atoms with Gasteiger partial charge in [0.1, 0.15) is 72.4 Å². The molecule has 6 aliphatic heterocycles. The molecule has 12 bridgehead atoms. The van der Waals surface area contributed by atoms with E-state index in [-0.39, 0.29) is 76.9 Å². The number of H-pyrrole nitrogens is 1. The Hall–Kier alpha value is -12.0. The molecule has 0 unspecified atom stereocenters. The number of carbonyl (C=O) groups excluding carboxylic acids is 8. The summed E-state index contributed by atoms with van der Waals surface area (Å²) in [5.41, 5.74) is 0.620. The van der Waals surface area contributed by atoms with Gasteiger partial charge in [0.2, 0.25) is 41.4 Å². The van der Waals surface area contributed by atoms with Crippen molar-refractivity contribution in [2.24, 2.45) is 10.8 Å². The van der Waals surface area contributed by atoms with Crippen LogP contribution in [-0.2, 0) is 82.0 Å². The van der Waals surface area contributed by atoms with Crippen LogP contribution in [0.25, 0.3) is 21.5 Å². The predicted octanol–water partition coefficient (Wildman–Crippen LogP) is 5.14. The van der Waals surface area contributed by atoms with Crippen LogP contribution >= 0.6 is 0 Å². The fourth-order valence-corrected chi connectivity index (χ4v) is 14.6. The Balaban J connectivity index is 0.883. The Morgan fingerprint density at radius 1 is 0.549 bits per heavy atom. The van der Waals surface area contributed by atoms with E-state index in [1.807, 2.05) is 84.9 Å². The number of aromatic nitrogens is 8. The van der Waals surface area contributed by atoms with Crippen molar-refractivity contribution in [3.05, 3.63) is 196 Å². The summed E-state index contributed by atoms with van der Waals surface area (Å²) in [7, 11) is 3.24. The molecule has 6 aromatic carbocycles. The summed E-state index contributed by atoms with van der Waals surface area (Å²) in [6, 6.07) is 28.5. The lowest BCUT2D eigenvalue weighted by molar-refractivity contribution is -0.145. The molecule has 0 saturated carbocycles. The second-order valence-electron chi connectivity index (χ2n) is 31.7. The summed E-state index contributed by atoms with van der Waals surface area (Å²) in [5, 5.41) is 59.0. The fraction of sp³-hybridized carbons (Fsp3) is 0.427. The van der Waals surface area contributed by atoms with Crippen molar-refractivity contribution in [1.82, 2.24) is 87.4 Å². The van der Waals surface area contributed by atoms with Gasteiger partial charge in [-0.05, 0) is 120 Å². The minimum Gasteiger partial charge on any atom is -0.487 e. The zero-order valence-electron chi connectivity index (χ0n) is 64.8. The van der Waals surface area contributed by atoms with Crippen LogP contribution < -0.4 is 52.3 Å². The highest BCUT2D eigenvalue weighted by Gasteiger charge is 2.49. The first-order chi connectivity index (χ1) is 54.0. The number of Topliss-reactive ketones (excluding diaryl/α,β-unsaturated/α-hetero) is 1. The second-order valence-corrected chi connectivity index (χ2v) is 31.7. The number of rotatable bonds is 14. The number of nitrogens with zero attached hydrogens (tertiary/aromatic N) is 9. The highest BCUT2D eigenvalue weighted by atomic mass is 16.5. The van der Waals surface area contributed by atoms with Crippen molar-refractivity contribution in [1.29, 1.82) is 0 Å². The van der Waals surface area contributed by atoms with E-state index in [0.29, 0.717) is 45.1 Å². The van der Waals surface area contributed by atoms with Gasteiger partial charge in [-0.3, -0.25) is 38.4 Å². The second kappa shape index (κ2) is 34.7. The fourth-order valence-electron chi connectivity index (χ4n) is 14.6. The van der Waals surface area contributed by atoms with Crippen LogP contribution in [0.2, 0.25) is 0 Å². The molecule has 15 rings (SSSR count). The molecular weight excluding hydrogens is 1450 g/mol. The largest absolute Gasteiger partial charge is 0.487 e. The number of likely N-dealkylation sites (N-methyl/N-ethyl adjacent to an activating group) is 2.